The smallest absolute Gasteiger partial charge is 0.0541 e. The van der Waals surface area contributed by atoms with Gasteiger partial charge in [-0.15, -0.1) is 0 Å². The number of para-hydroxylation sites is 2. The molecule has 0 atom stereocenters. The Morgan fingerprint density at radius 1 is 0.274 bits per heavy atom. The fourth-order valence-corrected chi connectivity index (χ4v) is 9.62. The molecule has 11 aromatic carbocycles. The SMILES string of the molecule is c1ccc(-c2cccc3cccc(-c4ccc(N(c5ccc(-c6ccc7c(c6)c6ccccc6n7-c6ccccc6)cc5)c5ccc6ccc7ccccc7c6c5)cc4)c23)cc1. The summed E-state index contributed by atoms with van der Waals surface area (Å²) in [5.74, 6) is 0. The Balaban J connectivity index is 0.974. The highest BCUT2D eigenvalue weighted by atomic mass is 15.1. The van der Waals surface area contributed by atoms with Crippen LogP contribution in [0.1, 0.15) is 0 Å². The molecule has 0 unspecified atom stereocenters. The van der Waals surface area contributed by atoms with E-state index in [0.717, 1.165) is 17.1 Å². The van der Waals surface area contributed by atoms with E-state index in [9.17, 15) is 0 Å². The molecule has 0 aliphatic carbocycles. The van der Waals surface area contributed by atoms with E-state index in [1.165, 1.54) is 93.2 Å². The van der Waals surface area contributed by atoms with E-state index in [2.05, 4.69) is 252 Å². The molecule has 62 heavy (non-hydrogen) atoms. The average Bonchev–Trinajstić information content (AvgIpc) is 3.68. The van der Waals surface area contributed by atoms with Gasteiger partial charge in [-0.1, -0.05) is 176 Å². The van der Waals surface area contributed by atoms with Gasteiger partial charge in [0.15, 0.2) is 0 Å². The summed E-state index contributed by atoms with van der Waals surface area (Å²) in [6.07, 6.45) is 0. The maximum atomic E-state index is 2.39. The Morgan fingerprint density at radius 2 is 0.790 bits per heavy atom. The first-order valence-corrected chi connectivity index (χ1v) is 21.3. The van der Waals surface area contributed by atoms with E-state index >= 15 is 0 Å². The zero-order chi connectivity index (χ0) is 41.0. The van der Waals surface area contributed by atoms with Gasteiger partial charge < -0.3 is 9.47 Å². The van der Waals surface area contributed by atoms with Crippen LogP contribution < -0.4 is 4.90 Å². The van der Waals surface area contributed by atoms with Crippen LogP contribution in [0.15, 0.2) is 243 Å². The molecule has 2 nitrogen and oxygen atoms in total. The van der Waals surface area contributed by atoms with Gasteiger partial charge in [-0.3, -0.25) is 0 Å². The van der Waals surface area contributed by atoms with Crippen LogP contribution in [0, 0.1) is 0 Å². The lowest BCUT2D eigenvalue weighted by Gasteiger charge is -2.26. The van der Waals surface area contributed by atoms with Gasteiger partial charge in [0.2, 0.25) is 0 Å². The summed E-state index contributed by atoms with van der Waals surface area (Å²) in [6.45, 7) is 0. The number of fused-ring (bicyclic) bond motifs is 7. The van der Waals surface area contributed by atoms with Crippen molar-refractivity contribution in [2.24, 2.45) is 0 Å². The third kappa shape index (κ3) is 6.04. The summed E-state index contributed by atoms with van der Waals surface area (Å²) in [5, 5.41) is 9.97. The number of benzene rings is 11. The van der Waals surface area contributed by atoms with Crippen LogP contribution in [-0.4, -0.2) is 4.57 Å². The highest BCUT2D eigenvalue weighted by Crippen LogP contribution is 2.42. The molecule has 0 aliphatic rings. The van der Waals surface area contributed by atoms with E-state index in [1.807, 2.05) is 0 Å². The van der Waals surface area contributed by atoms with E-state index in [1.54, 1.807) is 0 Å². The minimum absolute atomic E-state index is 1.10. The molecule has 2 heteroatoms. The molecule has 0 bridgehead atoms. The monoisotopic (exact) mass is 788 g/mol. The Kier molecular flexibility index (Phi) is 8.53. The molecule has 0 fully saturated rings. The number of hydrogen-bond acceptors (Lipinski definition) is 1. The zero-order valence-corrected chi connectivity index (χ0v) is 34.0. The van der Waals surface area contributed by atoms with Crippen molar-refractivity contribution < 1.29 is 0 Å². The van der Waals surface area contributed by atoms with Crippen molar-refractivity contribution in [1.82, 2.24) is 4.57 Å². The molecule has 12 rings (SSSR count). The van der Waals surface area contributed by atoms with Gasteiger partial charge >= 0.3 is 0 Å². The fourth-order valence-electron chi connectivity index (χ4n) is 9.62. The van der Waals surface area contributed by atoms with E-state index < -0.39 is 0 Å². The number of hydrogen-bond donors (Lipinski definition) is 0. The standard InChI is InChI=1S/C60H40N2/c1-3-13-42(14-4-1)53-22-11-16-46-17-12-23-54(60(46)53)44-29-35-50(36-30-44)61(51-37-31-45-26-25-43-15-7-8-20-52(43)56(45)40-51)49-33-27-41(28-34-49)47-32-38-59-57(39-47)55-21-9-10-24-58(55)62(59)48-18-5-2-6-19-48/h1-40H. The molecular formula is C60H40N2. The minimum atomic E-state index is 1.10. The van der Waals surface area contributed by atoms with Gasteiger partial charge in [0, 0.05) is 33.5 Å². The van der Waals surface area contributed by atoms with Crippen LogP contribution in [0.3, 0.4) is 0 Å². The lowest BCUT2D eigenvalue weighted by Crippen LogP contribution is -2.10. The Bertz CT molecular complexity index is 3600. The van der Waals surface area contributed by atoms with Crippen molar-refractivity contribution in [1.29, 1.82) is 0 Å². The quantitative estimate of drug-likeness (QED) is 0.146. The summed E-state index contributed by atoms with van der Waals surface area (Å²) in [5.41, 5.74) is 14.1. The molecule has 1 aromatic heterocycles. The summed E-state index contributed by atoms with van der Waals surface area (Å²) in [4.78, 5) is 2.39. The maximum Gasteiger partial charge on any atom is 0.0541 e. The second kappa shape index (κ2) is 14.8. The maximum absolute atomic E-state index is 2.39. The zero-order valence-electron chi connectivity index (χ0n) is 34.0. The molecule has 0 spiro atoms. The molecule has 0 amide bonds. The molecule has 0 aliphatic heterocycles. The van der Waals surface area contributed by atoms with Crippen molar-refractivity contribution in [2.75, 3.05) is 4.90 Å². The van der Waals surface area contributed by atoms with E-state index in [0.29, 0.717) is 0 Å². The third-order valence-corrected chi connectivity index (χ3v) is 12.6. The number of aromatic nitrogens is 1. The first kappa shape index (κ1) is 35.7. The molecule has 1 heterocycles. The van der Waals surface area contributed by atoms with Crippen LogP contribution in [0.25, 0.3) is 93.2 Å². The summed E-state index contributed by atoms with van der Waals surface area (Å²) in [6, 6.07) is 88.5. The van der Waals surface area contributed by atoms with E-state index in [-0.39, 0.29) is 0 Å². The molecule has 0 saturated carbocycles. The van der Waals surface area contributed by atoms with Crippen LogP contribution in [0.5, 0.6) is 0 Å². The molecule has 0 N–H and O–H groups in total. The van der Waals surface area contributed by atoms with Gasteiger partial charge in [0.1, 0.15) is 0 Å². The predicted octanol–water partition coefficient (Wildman–Crippen LogP) is 16.7. The van der Waals surface area contributed by atoms with Crippen LogP contribution in [0.2, 0.25) is 0 Å². The minimum Gasteiger partial charge on any atom is -0.310 e. The Morgan fingerprint density at radius 3 is 1.52 bits per heavy atom. The van der Waals surface area contributed by atoms with E-state index in [4.69, 9.17) is 0 Å². The van der Waals surface area contributed by atoms with Crippen molar-refractivity contribution in [3.05, 3.63) is 243 Å². The topological polar surface area (TPSA) is 8.17 Å². The van der Waals surface area contributed by atoms with Gasteiger partial charge in [-0.05, 0) is 132 Å². The lowest BCUT2D eigenvalue weighted by atomic mass is 9.91. The summed E-state index contributed by atoms with van der Waals surface area (Å²) < 4.78 is 2.37. The summed E-state index contributed by atoms with van der Waals surface area (Å²) >= 11 is 0. The molecule has 0 saturated heterocycles. The van der Waals surface area contributed by atoms with Crippen molar-refractivity contribution in [3.8, 4) is 39.1 Å². The van der Waals surface area contributed by atoms with Gasteiger partial charge in [0.25, 0.3) is 0 Å². The molecule has 0 radical (unpaired) electrons. The van der Waals surface area contributed by atoms with Gasteiger partial charge in [-0.25, -0.2) is 0 Å². The Labute approximate surface area is 360 Å². The van der Waals surface area contributed by atoms with Crippen molar-refractivity contribution >= 4 is 71.2 Å². The normalized spacial score (nSPS) is 11.5. The van der Waals surface area contributed by atoms with Crippen LogP contribution in [0.4, 0.5) is 17.1 Å². The van der Waals surface area contributed by atoms with Crippen LogP contribution in [-0.2, 0) is 0 Å². The highest BCUT2D eigenvalue weighted by molar-refractivity contribution is 6.11. The molecular weight excluding hydrogens is 749 g/mol. The number of nitrogens with zero attached hydrogens (tertiary/aromatic N) is 2. The number of rotatable bonds is 7. The van der Waals surface area contributed by atoms with Gasteiger partial charge in [-0.2, -0.15) is 0 Å². The second-order valence-corrected chi connectivity index (χ2v) is 16.1. The Hall–Kier alpha value is -8.20. The summed E-state index contributed by atoms with van der Waals surface area (Å²) in [7, 11) is 0. The lowest BCUT2D eigenvalue weighted by molar-refractivity contribution is 1.18. The first-order chi connectivity index (χ1) is 30.7. The highest BCUT2D eigenvalue weighted by Gasteiger charge is 2.17. The largest absolute Gasteiger partial charge is 0.310 e. The van der Waals surface area contributed by atoms with Crippen molar-refractivity contribution in [2.45, 2.75) is 0 Å². The first-order valence-electron chi connectivity index (χ1n) is 21.3. The average molecular weight is 789 g/mol. The number of anilines is 3. The predicted molar refractivity (Wildman–Crippen MR) is 264 cm³/mol. The second-order valence-electron chi connectivity index (χ2n) is 16.1. The van der Waals surface area contributed by atoms with Crippen LogP contribution >= 0.6 is 0 Å². The third-order valence-electron chi connectivity index (χ3n) is 12.6. The molecule has 12 aromatic rings. The van der Waals surface area contributed by atoms with Crippen molar-refractivity contribution in [3.63, 3.8) is 0 Å². The van der Waals surface area contributed by atoms with Gasteiger partial charge in [0.05, 0.1) is 11.0 Å². The molecule has 290 valence electrons. The fraction of sp³-hybridized carbons (Fsp3) is 0.